The molecule has 0 spiro atoms. The van der Waals surface area contributed by atoms with E-state index in [-0.39, 0.29) is 12.5 Å². The van der Waals surface area contributed by atoms with Gasteiger partial charge in [0, 0.05) is 13.5 Å². The number of nitrogens with one attached hydrogen (secondary N) is 1. The van der Waals surface area contributed by atoms with Crippen LogP contribution in [-0.2, 0) is 4.79 Å². The zero-order valence-corrected chi connectivity index (χ0v) is 10.4. The molecular formula is C12H18N2O4. The van der Waals surface area contributed by atoms with E-state index < -0.39 is 12.2 Å². The second-order valence-electron chi connectivity index (χ2n) is 3.95. The van der Waals surface area contributed by atoms with E-state index in [0.29, 0.717) is 17.0 Å². The van der Waals surface area contributed by atoms with E-state index in [2.05, 4.69) is 5.32 Å². The van der Waals surface area contributed by atoms with Crippen molar-refractivity contribution in [3.05, 3.63) is 23.8 Å². The van der Waals surface area contributed by atoms with Crippen LogP contribution in [0, 0.1) is 0 Å². The molecule has 1 amide bonds. The molecule has 0 aliphatic rings. The van der Waals surface area contributed by atoms with Gasteiger partial charge in [-0.05, 0) is 17.7 Å². The van der Waals surface area contributed by atoms with Crippen molar-refractivity contribution in [3.8, 4) is 5.75 Å². The van der Waals surface area contributed by atoms with Gasteiger partial charge >= 0.3 is 0 Å². The summed E-state index contributed by atoms with van der Waals surface area (Å²) in [7, 11) is 1.49. The van der Waals surface area contributed by atoms with Gasteiger partial charge in [0.05, 0.1) is 12.8 Å². The highest BCUT2D eigenvalue weighted by atomic mass is 16.5. The van der Waals surface area contributed by atoms with Crippen LogP contribution in [-0.4, -0.2) is 35.9 Å². The van der Waals surface area contributed by atoms with Gasteiger partial charge in [0.2, 0.25) is 5.91 Å². The number of amides is 1. The van der Waals surface area contributed by atoms with Crippen molar-refractivity contribution < 1.29 is 19.7 Å². The third-order valence-electron chi connectivity index (χ3n) is 2.52. The van der Waals surface area contributed by atoms with Gasteiger partial charge in [-0.2, -0.15) is 0 Å². The first-order chi connectivity index (χ1) is 8.45. The minimum absolute atomic E-state index is 0.0254. The Morgan fingerprint density at radius 2 is 2.17 bits per heavy atom. The van der Waals surface area contributed by atoms with Crippen molar-refractivity contribution >= 4 is 11.6 Å². The summed E-state index contributed by atoms with van der Waals surface area (Å²) in [6.07, 6.45) is -2.22. The molecule has 2 unspecified atom stereocenters. The number of hydrogen-bond donors (Lipinski definition) is 4. The Morgan fingerprint density at radius 3 is 2.67 bits per heavy atom. The first-order valence-corrected chi connectivity index (χ1v) is 5.49. The van der Waals surface area contributed by atoms with E-state index in [1.54, 1.807) is 12.1 Å². The number of nitrogens with two attached hydrogens (primary N) is 1. The Hall–Kier alpha value is -1.79. The molecular weight excluding hydrogens is 236 g/mol. The lowest BCUT2D eigenvalue weighted by Crippen LogP contribution is -2.34. The van der Waals surface area contributed by atoms with E-state index in [1.165, 1.54) is 20.1 Å². The first-order valence-electron chi connectivity index (χ1n) is 5.49. The second kappa shape index (κ2) is 6.23. The average molecular weight is 254 g/mol. The van der Waals surface area contributed by atoms with Crippen molar-refractivity contribution in [2.75, 3.05) is 19.4 Å². The normalized spacial score (nSPS) is 13.8. The number of benzene rings is 1. The first kappa shape index (κ1) is 14.3. The zero-order valence-electron chi connectivity index (χ0n) is 10.4. The number of methoxy groups -OCH3 is 1. The molecule has 2 atom stereocenters. The fourth-order valence-corrected chi connectivity index (χ4v) is 1.52. The number of hydrogen-bond acceptors (Lipinski definition) is 5. The number of aliphatic hydroxyl groups excluding tert-OH is 2. The minimum Gasteiger partial charge on any atom is -0.495 e. The van der Waals surface area contributed by atoms with Crippen LogP contribution in [0.25, 0.3) is 0 Å². The third-order valence-corrected chi connectivity index (χ3v) is 2.52. The number of carbonyl (C=O) groups is 1. The summed E-state index contributed by atoms with van der Waals surface area (Å²) in [4.78, 5) is 10.7. The Balaban J connectivity index is 2.74. The molecule has 6 nitrogen and oxygen atoms in total. The number of aliphatic hydroxyl groups is 2. The molecule has 6 heteroatoms. The van der Waals surface area contributed by atoms with Gasteiger partial charge in [-0.1, -0.05) is 6.07 Å². The lowest BCUT2D eigenvalue weighted by Gasteiger charge is -2.19. The Bertz CT molecular complexity index is 423. The van der Waals surface area contributed by atoms with E-state index in [9.17, 15) is 15.0 Å². The number of ether oxygens (including phenoxy) is 1. The van der Waals surface area contributed by atoms with Crippen LogP contribution >= 0.6 is 0 Å². The number of nitrogen functional groups attached to an aromatic ring is 1. The predicted octanol–water partition coefficient (Wildman–Crippen LogP) is -0.192. The van der Waals surface area contributed by atoms with Crippen molar-refractivity contribution in [1.82, 2.24) is 5.32 Å². The highest BCUT2D eigenvalue weighted by molar-refractivity contribution is 5.72. The van der Waals surface area contributed by atoms with Gasteiger partial charge in [-0.3, -0.25) is 4.79 Å². The number of carbonyl (C=O) groups excluding carboxylic acids is 1. The van der Waals surface area contributed by atoms with Crippen LogP contribution in [0.15, 0.2) is 18.2 Å². The van der Waals surface area contributed by atoms with Crippen molar-refractivity contribution in [2.45, 2.75) is 19.1 Å². The van der Waals surface area contributed by atoms with Crippen molar-refractivity contribution in [2.24, 2.45) is 0 Å². The van der Waals surface area contributed by atoms with Crippen molar-refractivity contribution in [3.63, 3.8) is 0 Å². The highest BCUT2D eigenvalue weighted by Gasteiger charge is 2.19. The molecule has 1 rings (SSSR count). The minimum atomic E-state index is -1.12. The monoisotopic (exact) mass is 254 g/mol. The van der Waals surface area contributed by atoms with E-state index >= 15 is 0 Å². The topological polar surface area (TPSA) is 105 Å². The molecule has 0 saturated carbocycles. The van der Waals surface area contributed by atoms with Gasteiger partial charge < -0.3 is 26.0 Å². The maximum absolute atomic E-state index is 10.7. The maximum atomic E-state index is 10.7. The van der Waals surface area contributed by atoms with E-state index in [0.717, 1.165) is 0 Å². The van der Waals surface area contributed by atoms with E-state index in [1.807, 2.05) is 0 Å². The van der Waals surface area contributed by atoms with Crippen LogP contribution in [0.4, 0.5) is 5.69 Å². The molecule has 1 aromatic carbocycles. The summed E-state index contributed by atoms with van der Waals surface area (Å²) in [6, 6.07) is 4.75. The van der Waals surface area contributed by atoms with Gasteiger partial charge in [0.1, 0.15) is 18.0 Å². The van der Waals surface area contributed by atoms with Gasteiger partial charge in [0.15, 0.2) is 0 Å². The average Bonchev–Trinajstić information content (AvgIpc) is 2.34. The molecule has 0 heterocycles. The van der Waals surface area contributed by atoms with Crippen LogP contribution in [0.1, 0.15) is 18.6 Å². The van der Waals surface area contributed by atoms with Crippen LogP contribution < -0.4 is 15.8 Å². The Labute approximate surface area is 105 Å². The number of anilines is 1. The molecule has 0 radical (unpaired) electrons. The highest BCUT2D eigenvalue weighted by Crippen LogP contribution is 2.26. The molecule has 0 saturated heterocycles. The molecule has 5 N–H and O–H groups in total. The summed E-state index contributed by atoms with van der Waals surface area (Å²) >= 11 is 0. The van der Waals surface area contributed by atoms with Crippen LogP contribution in [0.5, 0.6) is 5.75 Å². The van der Waals surface area contributed by atoms with Gasteiger partial charge in [-0.25, -0.2) is 0 Å². The Morgan fingerprint density at radius 1 is 1.50 bits per heavy atom. The third kappa shape index (κ3) is 3.61. The smallest absolute Gasteiger partial charge is 0.216 e. The quantitative estimate of drug-likeness (QED) is 0.545. The summed E-state index contributed by atoms with van der Waals surface area (Å²) in [5, 5.41) is 22.0. The maximum Gasteiger partial charge on any atom is 0.216 e. The molecule has 100 valence electrons. The molecule has 1 aromatic rings. The lowest BCUT2D eigenvalue weighted by molar-refractivity contribution is -0.119. The fourth-order valence-electron chi connectivity index (χ4n) is 1.52. The SMILES string of the molecule is COc1ccc(C(O)C(O)CNC(C)=O)cc1N. The Kier molecular flexibility index (Phi) is 4.94. The molecule has 18 heavy (non-hydrogen) atoms. The van der Waals surface area contributed by atoms with Crippen LogP contribution in [0.3, 0.4) is 0 Å². The summed E-state index contributed by atoms with van der Waals surface area (Å²) in [6.45, 7) is 1.31. The summed E-state index contributed by atoms with van der Waals surface area (Å²) < 4.78 is 4.99. The second-order valence-corrected chi connectivity index (χ2v) is 3.95. The summed E-state index contributed by atoms with van der Waals surface area (Å²) in [5.74, 6) is 0.234. The number of rotatable bonds is 5. The van der Waals surface area contributed by atoms with Gasteiger partial charge in [0.25, 0.3) is 0 Å². The lowest BCUT2D eigenvalue weighted by atomic mass is 10.0. The van der Waals surface area contributed by atoms with Crippen molar-refractivity contribution in [1.29, 1.82) is 0 Å². The molecule has 0 aliphatic carbocycles. The standard InChI is InChI=1S/C12H18N2O4/c1-7(15)14-6-10(16)12(17)8-3-4-11(18-2)9(13)5-8/h3-5,10,12,16-17H,6,13H2,1-2H3,(H,14,15). The molecule has 0 fully saturated rings. The zero-order chi connectivity index (χ0) is 13.7. The predicted molar refractivity (Wildman–Crippen MR) is 67.1 cm³/mol. The van der Waals surface area contributed by atoms with E-state index in [4.69, 9.17) is 10.5 Å². The summed E-state index contributed by atoms with van der Waals surface area (Å²) in [5.41, 5.74) is 6.54. The largest absolute Gasteiger partial charge is 0.495 e. The molecule has 0 aromatic heterocycles. The molecule has 0 bridgehead atoms. The van der Waals surface area contributed by atoms with Crippen LogP contribution in [0.2, 0.25) is 0 Å². The molecule has 0 aliphatic heterocycles. The fraction of sp³-hybridized carbons (Fsp3) is 0.417. The van der Waals surface area contributed by atoms with Gasteiger partial charge in [-0.15, -0.1) is 0 Å².